The van der Waals surface area contributed by atoms with Crippen LogP contribution in [0, 0.1) is 11.3 Å². The Kier molecular flexibility index (Phi) is 6.30. The van der Waals surface area contributed by atoms with Crippen molar-refractivity contribution < 1.29 is 14.3 Å². The van der Waals surface area contributed by atoms with Crippen molar-refractivity contribution in [1.82, 2.24) is 0 Å². The van der Waals surface area contributed by atoms with Crippen LogP contribution >= 0.6 is 57.7 Å². The Balaban J connectivity index is 1.51. The van der Waals surface area contributed by atoms with Crippen molar-refractivity contribution in [2.45, 2.75) is 5.92 Å². The van der Waals surface area contributed by atoms with Gasteiger partial charge in [-0.05, 0) is 35.9 Å². The summed E-state index contributed by atoms with van der Waals surface area (Å²) in [5.41, 5.74) is 7.65. The molecule has 4 aromatic rings. The molecule has 174 valence electrons. The molecule has 1 aliphatic heterocycles. The van der Waals surface area contributed by atoms with Crippen LogP contribution in [0.2, 0.25) is 20.1 Å². The summed E-state index contributed by atoms with van der Waals surface area (Å²) in [4.78, 5) is 13.1. The molecule has 1 aromatic heterocycles. The number of thiophene rings is 1. The molecule has 2 N–H and O–H groups in total. The minimum atomic E-state index is -0.634. The molecular formula is C25H12Cl4N2O3S. The van der Waals surface area contributed by atoms with Gasteiger partial charge in [0, 0.05) is 21.7 Å². The van der Waals surface area contributed by atoms with E-state index in [9.17, 15) is 10.1 Å². The van der Waals surface area contributed by atoms with Gasteiger partial charge in [-0.3, -0.25) is 0 Å². The second-order valence-corrected chi connectivity index (χ2v) is 10.2. The van der Waals surface area contributed by atoms with Crippen LogP contribution in [0.4, 0.5) is 0 Å². The highest BCUT2D eigenvalue weighted by Gasteiger charge is 2.31. The van der Waals surface area contributed by atoms with E-state index in [-0.39, 0.29) is 27.1 Å². The molecule has 35 heavy (non-hydrogen) atoms. The first-order valence-electron chi connectivity index (χ1n) is 10.0. The number of esters is 1. The Labute approximate surface area is 223 Å². The second-order valence-electron chi connectivity index (χ2n) is 7.55. The van der Waals surface area contributed by atoms with E-state index in [0.29, 0.717) is 37.3 Å². The minimum absolute atomic E-state index is 0.0539. The number of carbonyl (C=O) groups excluding carboxylic acids is 1. The van der Waals surface area contributed by atoms with Gasteiger partial charge in [-0.15, -0.1) is 11.3 Å². The van der Waals surface area contributed by atoms with E-state index in [1.807, 2.05) is 6.07 Å². The molecule has 1 aliphatic rings. The summed E-state index contributed by atoms with van der Waals surface area (Å²) in [5.74, 6) is -0.669. The van der Waals surface area contributed by atoms with Gasteiger partial charge in [0.15, 0.2) is 0 Å². The van der Waals surface area contributed by atoms with Crippen molar-refractivity contribution >= 4 is 73.8 Å². The summed E-state index contributed by atoms with van der Waals surface area (Å²) in [6.45, 7) is 0. The third kappa shape index (κ3) is 4.20. The number of carbonyl (C=O) groups is 1. The van der Waals surface area contributed by atoms with Gasteiger partial charge < -0.3 is 15.2 Å². The summed E-state index contributed by atoms with van der Waals surface area (Å²) >= 11 is 26.1. The molecule has 0 amide bonds. The first-order valence-corrected chi connectivity index (χ1v) is 12.4. The maximum Gasteiger partial charge on any atom is 0.355 e. The van der Waals surface area contributed by atoms with Crippen molar-refractivity contribution in [3.05, 3.63) is 102 Å². The molecule has 0 saturated carbocycles. The zero-order valence-electron chi connectivity index (χ0n) is 17.4. The Hall–Kier alpha value is -2.92. The van der Waals surface area contributed by atoms with E-state index >= 15 is 0 Å². The molecule has 0 aliphatic carbocycles. The molecular weight excluding hydrogens is 550 g/mol. The van der Waals surface area contributed by atoms with Gasteiger partial charge in [0.1, 0.15) is 28.0 Å². The number of halogens is 4. The summed E-state index contributed by atoms with van der Waals surface area (Å²) in [6, 6.07) is 17.4. The van der Waals surface area contributed by atoms with E-state index in [1.54, 1.807) is 42.5 Å². The van der Waals surface area contributed by atoms with E-state index in [1.165, 1.54) is 17.4 Å². The number of allylic oxidation sites excluding steroid dienone is 1. The van der Waals surface area contributed by atoms with Crippen LogP contribution in [-0.4, -0.2) is 5.97 Å². The fourth-order valence-corrected chi connectivity index (χ4v) is 6.02. The molecule has 5 rings (SSSR count). The van der Waals surface area contributed by atoms with Crippen molar-refractivity contribution in [1.29, 1.82) is 5.26 Å². The number of ether oxygens (including phenoxy) is 2. The molecule has 0 saturated heterocycles. The van der Waals surface area contributed by atoms with Crippen LogP contribution < -0.4 is 15.2 Å². The SMILES string of the molecule is N#CC1=C(N)Oc2cc(OC(=O)c3sc4cccc(Cl)c4c3Cl)ccc2C1c1ccc(Cl)c(Cl)c1. The molecule has 10 heteroatoms. The fraction of sp³-hybridized carbons (Fsp3) is 0.0400. The Morgan fingerprint density at radius 3 is 2.54 bits per heavy atom. The third-order valence-electron chi connectivity index (χ3n) is 5.47. The van der Waals surface area contributed by atoms with E-state index in [2.05, 4.69) is 6.07 Å². The van der Waals surface area contributed by atoms with Gasteiger partial charge in [-0.1, -0.05) is 64.6 Å². The number of benzene rings is 3. The standard InChI is InChI=1S/C25H12Cl4N2O3S/c26-15-7-4-11(8-17(15)28)20-13-6-5-12(9-18(13)34-24(31)14(20)10-30)33-25(32)23-22(29)21-16(27)2-1-3-19(21)35-23/h1-9,20H,31H2. The summed E-state index contributed by atoms with van der Waals surface area (Å²) < 4.78 is 12.1. The van der Waals surface area contributed by atoms with Gasteiger partial charge in [0.2, 0.25) is 5.88 Å². The van der Waals surface area contributed by atoms with Gasteiger partial charge in [-0.2, -0.15) is 5.26 Å². The number of fused-ring (bicyclic) bond motifs is 2. The molecule has 3 aromatic carbocycles. The van der Waals surface area contributed by atoms with Crippen molar-refractivity contribution in [2.24, 2.45) is 5.73 Å². The lowest BCUT2D eigenvalue weighted by Gasteiger charge is -2.27. The number of rotatable bonds is 3. The van der Waals surface area contributed by atoms with Crippen LogP contribution in [0.15, 0.2) is 66.1 Å². The predicted octanol–water partition coefficient (Wildman–Crippen LogP) is 7.95. The molecule has 0 bridgehead atoms. The van der Waals surface area contributed by atoms with Crippen LogP contribution in [0.25, 0.3) is 10.1 Å². The molecule has 1 unspecified atom stereocenters. The average molecular weight is 562 g/mol. The number of nitrogens with two attached hydrogens (primary N) is 1. The van der Waals surface area contributed by atoms with Gasteiger partial charge in [-0.25, -0.2) is 4.79 Å². The zero-order valence-corrected chi connectivity index (χ0v) is 21.3. The quantitative estimate of drug-likeness (QED) is 0.202. The maximum absolute atomic E-state index is 12.9. The third-order valence-corrected chi connectivity index (χ3v) is 8.15. The summed E-state index contributed by atoms with van der Waals surface area (Å²) in [5, 5.41) is 11.8. The predicted molar refractivity (Wildman–Crippen MR) is 139 cm³/mol. The first-order chi connectivity index (χ1) is 16.8. The topological polar surface area (TPSA) is 85.3 Å². The minimum Gasteiger partial charge on any atom is -0.440 e. The zero-order chi connectivity index (χ0) is 24.9. The highest BCUT2D eigenvalue weighted by molar-refractivity contribution is 7.21. The van der Waals surface area contributed by atoms with Crippen LogP contribution in [0.5, 0.6) is 11.5 Å². The molecule has 2 heterocycles. The van der Waals surface area contributed by atoms with Gasteiger partial charge in [0.05, 0.1) is 26.0 Å². The molecule has 0 fully saturated rings. The number of nitrogens with zero attached hydrogens (tertiary/aromatic N) is 1. The maximum atomic E-state index is 12.9. The number of hydrogen-bond donors (Lipinski definition) is 1. The van der Waals surface area contributed by atoms with Crippen LogP contribution in [-0.2, 0) is 0 Å². The monoisotopic (exact) mass is 560 g/mol. The lowest BCUT2D eigenvalue weighted by Crippen LogP contribution is -2.21. The van der Waals surface area contributed by atoms with Gasteiger partial charge in [0.25, 0.3) is 0 Å². The van der Waals surface area contributed by atoms with Crippen LogP contribution in [0.3, 0.4) is 0 Å². The molecule has 5 nitrogen and oxygen atoms in total. The summed E-state index contributed by atoms with van der Waals surface area (Å²) in [7, 11) is 0. The summed E-state index contributed by atoms with van der Waals surface area (Å²) in [6.07, 6.45) is 0. The largest absolute Gasteiger partial charge is 0.440 e. The average Bonchev–Trinajstić information content (AvgIpc) is 3.17. The lowest BCUT2D eigenvalue weighted by molar-refractivity contribution is 0.0740. The van der Waals surface area contributed by atoms with Crippen molar-refractivity contribution in [3.8, 4) is 17.6 Å². The smallest absolute Gasteiger partial charge is 0.355 e. The van der Waals surface area contributed by atoms with Crippen molar-refractivity contribution in [2.75, 3.05) is 0 Å². The van der Waals surface area contributed by atoms with E-state index < -0.39 is 11.9 Å². The van der Waals surface area contributed by atoms with Crippen LogP contribution in [0.1, 0.15) is 26.7 Å². The second kappa shape index (κ2) is 9.27. The molecule has 0 spiro atoms. The Morgan fingerprint density at radius 1 is 1.03 bits per heavy atom. The van der Waals surface area contributed by atoms with E-state index in [0.717, 1.165) is 4.70 Å². The van der Waals surface area contributed by atoms with E-state index in [4.69, 9.17) is 61.6 Å². The highest BCUT2D eigenvalue weighted by atomic mass is 35.5. The lowest BCUT2D eigenvalue weighted by atomic mass is 9.83. The van der Waals surface area contributed by atoms with Crippen molar-refractivity contribution in [3.63, 3.8) is 0 Å². The highest BCUT2D eigenvalue weighted by Crippen LogP contribution is 2.45. The Bertz CT molecular complexity index is 1610. The number of nitriles is 1. The number of hydrogen-bond acceptors (Lipinski definition) is 6. The first kappa shape index (κ1) is 23.8. The molecule has 0 radical (unpaired) electrons. The molecule has 1 atom stereocenters. The normalized spacial score (nSPS) is 14.9. The Morgan fingerprint density at radius 2 is 1.83 bits per heavy atom. The fourth-order valence-electron chi connectivity index (χ4n) is 3.89. The van der Waals surface area contributed by atoms with Gasteiger partial charge >= 0.3 is 5.97 Å².